The van der Waals surface area contributed by atoms with E-state index >= 15 is 0 Å². The molecule has 1 unspecified atom stereocenters. The van der Waals surface area contributed by atoms with Crippen LogP contribution >= 0.6 is 0 Å². The first-order valence-corrected chi connectivity index (χ1v) is 11.4. The van der Waals surface area contributed by atoms with Crippen LogP contribution in [0.4, 0.5) is 5.82 Å². The molecule has 1 atom stereocenters. The quantitative estimate of drug-likeness (QED) is 0.654. The molecule has 5 rings (SSSR count). The number of aryl methyl sites for hydroxylation is 1. The molecule has 0 bridgehead atoms. The maximum Gasteiger partial charge on any atom is 0.230 e. The average molecular weight is 429 g/mol. The van der Waals surface area contributed by atoms with Crippen molar-refractivity contribution in [3.05, 3.63) is 66.2 Å². The number of nitrogens with one attached hydrogen (secondary N) is 1. The number of anilines is 1. The van der Waals surface area contributed by atoms with E-state index in [0.29, 0.717) is 12.4 Å². The van der Waals surface area contributed by atoms with Crippen LogP contribution in [-0.2, 0) is 9.59 Å². The lowest BCUT2D eigenvalue weighted by Crippen LogP contribution is -2.44. The van der Waals surface area contributed by atoms with E-state index in [-0.39, 0.29) is 23.7 Å². The first kappa shape index (κ1) is 20.5. The van der Waals surface area contributed by atoms with Crippen LogP contribution in [0.3, 0.4) is 0 Å². The highest BCUT2D eigenvalue weighted by molar-refractivity contribution is 5.93. The lowest BCUT2D eigenvalue weighted by molar-refractivity contribution is -0.135. The average Bonchev–Trinajstić information content (AvgIpc) is 3.60. The molecule has 2 amide bonds. The number of hydrogen-bond acceptors (Lipinski definition) is 3. The fourth-order valence-electron chi connectivity index (χ4n) is 4.41. The van der Waals surface area contributed by atoms with Crippen molar-refractivity contribution in [3.8, 4) is 16.9 Å². The topological polar surface area (TPSA) is 67.2 Å². The normalized spacial score (nSPS) is 18.4. The molecule has 3 aromatic rings. The summed E-state index contributed by atoms with van der Waals surface area (Å²) in [6.07, 6.45) is 3.64. The van der Waals surface area contributed by atoms with Crippen molar-refractivity contribution >= 4 is 17.6 Å². The summed E-state index contributed by atoms with van der Waals surface area (Å²) < 4.78 is 1.81. The van der Waals surface area contributed by atoms with Crippen LogP contribution in [0.1, 0.15) is 31.2 Å². The number of para-hydroxylation sites is 1. The number of likely N-dealkylation sites (tertiary alicyclic amines) is 1. The zero-order valence-corrected chi connectivity index (χ0v) is 18.3. The summed E-state index contributed by atoms with van der Waals surface area (Å²) in [5.74, 6) is 0.805. The molecule has 2 fully saturated rings. The van der Waals surface area contributed by atoms with E-state index in [4.69, 9.17) is 5.10 Å². The third kappa shape index (κ3) is 4.17. The zero-order valence-electron chi connectivity index (χ0n) is 18.3. The second-order valence-electron chi connectivity index (χ2n) is 8.87. The Hall–Kier alpha value is -3.41. The summed E-state index contributed by atoms with van der Waals surface area (Å²) in [6, 6.07) is 19.9. The minimum absolute atomic E-state index is 0.0485. The molecule has 2 heterocycles. The van der Waals surface area contributed by atoms with Crippen molar-refractivity contribution in [1.29, 1.82) is 0 Å². The maximum absolute atomic E-state index is 13.2. The molecule has 1 saturated heterocycles. The Balaban J connectivity index is 1.42. The first-order valence-electron chi connectivity index (χ1n) is 11.4. The van der Waals surface area contributed by atoms with Crippen LogP contribution in [-0.4, -0.2) is 39.6 Å². The van der Waals surface area contributed by atoms with Gasteiger partial charge in [-0.2, -0.15) is 5.10 Å². The summed E-state index contributed by atoms with van der Waals surface area (Å²) >= 11 is 0. The van der Waals surface area contributed by atoms with Crippen LogP contribution in [0, 0.1) is 18.8 Å². The third-order valence-corrected chi connectivity index (χ3v) is 6.40. The number of benzene rings is 2. The van der Waals surface area contributed by atoms with Gasteiger partial charge in [-0.05, 0) is 44.2 Å². The SMILES string of the molecule is Cc1ccccc1-n1nc(-c2ccccc2)cc1NC(=O)C1CCCN(C(=O)C2CC2)C1. The van der Waals surface area contributed by atoms with Crippen molar-refractivity contribution in [1.82, 2.24) is 14.7 Å². The minimum Gasteiger partial charge on any atom is -0.342 e. The molecule has 6 nitrogen and oxygen atoms in total. The smallest absolute Gasteiger partial charge is 0.230 e. The standard InChI is InChI=1S/C26H28N4O2/c1-18-8-5-6-12-23(18)30-24(16-22(28-30)19-9-3-2-4-10-19)27-25(31)21-11-7-15-29(17-21)26(32)20-13-14-20/h2-6,8-10,12,16,20-21H,7,11,13-15,17H2,1H3,(H,27,31). The number of rotatable bonds is 5. The number of hydrogen-bond donors (Lipinski definition) is 1. The number of carbonyl (C=O) groups excluding carboxylic acids is 2. The highest BCUT2D eigenvalue weighted by Crippen LogP contribution is 2.33. The summed E-state index contributed by atoms with van der Waals surface area (Å²) in [7, 11) is 0. The Bertz CT molecular complexity index is 1130. The minimum atomic E-state index is -0.202. The van der Waals surface area contributed by atoms with Gasteiger partial charge >= 0.3 is 0 Å². The molecule has 1 saturated carbocycles. The van der Waals surface area contributed by atoms with E-state index in [9.17, 15) is 9.59 Å². The van der Waals surface area contributed by atoms with Crippen LogP contribution < -0.4 is 5.32 Å². The molecule has 1 N–H and O–H groups in total. The van der Waals surface area contributed by atoms with Crippen LogP contribution in [0.25, 0.3) is 16.9 Å². The second kappa shape index (κ2) is 8.61. The fourth-order valence-corrected chi connectivity index (χ4v) is 4.41. The molecular weight excluding hydrogens is 400 g/mol. The fraction of sp³-hybridized carbons (Fsp3) is 0.346. The van der Waals surface area contributed by atoms with Gasteiger partial charge in [-0.25, -0.2) is 4.68 Å². The van der Waals surface area contributed by atoms with Gasteiger partial charge in [-0.1, -0.05) is 48.5 Å². The predicted molar refractivity (Wildman–Crippen MR) is 124 cm³/mol. The van der Waals surface area contributed by atoms with Gasteiger partial charge in [-0.15, -0.1) is 0 Å². The summed E-state index contributed by atoms with van der Waals surface area (Å²) in [5, 5.41) is 7.95. The molecule has 1 aliphatic carbocycles. The first-order chi connectivity index (χ1) is 15.6. The molecule has 2 aliphatic rings. The monoisotopic (exact) mass is 428 g/mol. The van der Waals surface area contributed by atoms with E-state index in [1.165, 1.54) is 0 Å². The van der Waals surface area contributed by atoms with Crippen LogP contribution in [0.2, 0.25) is 0 Å². The molecule has 2 aromatic carbocycles. The summed E-state index contributed by atoms with van der Waals surface area (Å²) in [6.45, 7) is 3.30. The van der Waals surface area contributed by atoms with E-state index in [0.717, 1.165) is 54.7 Å². The van der Waals surface area contributed by atoms with Crippen molar-refractivity contribution in [2.45, 2.75) is 32.6 Å². The molecule has 32 heavy (non-hydrogen) atoms. The highest BCUT2D eigenvalue weighted by atomic mass is 16.2. The van der Waals surface area contributed by atoms with Gasteiger partial charge in [0.1, 0.15) is 5.82 Å². The van der Waals surface area contributed by atoms with Crippen molar-refractivity contribution in [3.63, 3.8) is 0 Å². The highest BCUT2D eigenvalue weighted by Gasteiger charge is 2.36. The Morgan fingerprint density at radius 2 is 1.72 bits per heavy atom. The molecule has 1 aliphatic heterocycles. The Morgan fingerprint density at radius 1 is 0.969 bits per heavy atom. The summed E-state index contributed by atoms with van der Waals surface area (Å²) in [5.41, 5.74) is 3.80. The van der Waals surface area contributed by atoms with Gasteiger partial charge in [0.25, 0.3) is 0 Å². The van der Waals surface area contributed by atoms with Gasteiger partial charge in [0.2, 0.25) is 11.8 Å². The Kier molecular flexibility index (Phi) is 5.52. The second-order valence-corrected chi connectivity index (χ2v) is 8.87. The zero-order chi connectivity index (χ0) is 22.1. The van der Waals surface area contributed by atoms with Gasteiger partial charge in [-0.3, -0.25) is 9.59 Å². The molecule has 6 heteroatoms. The molecule has 164 valence electrons. The van der Waals surface area contributed by atoms with Crippen molar-refractivity contribution in [2.75, 3.05) is 18.4 Å². The Morgan fingerprint density at radius 3 is 2.47 bits per heavy atom. The molecule has 0 spiro atoms. The van der Waals surface area contributed by atoms with Crippen molar-refractivity contribution < 1.29 is 9.59 Å². The number of carbonyl (C=O) groups is 2. The Labute approximate surface area is 188 Å². The number of amides is 2. The molecular formula is C26H28N4O2. The predicted octanol–water partition coefficient (Wildman–Crippen LogP) is 4.43. The van der Waals surface area contributed by atoms with Gasteiger partial charge in [0, 0.05) is 30.6 Å². The van der Waals surface area contributed by atoms with Crippen LogP contribution in [0.15, 0.2) is 60.7 Å². The lowest BCUT2D eigenvalue weighted by atomic mass is 9.96. The number of piperidine rings is 1. The van der Waals surface area contributed by atoms with Gasteiger partial charge < -0.3 is 10.2 Å². The number of aromatic nitrogens is 2. The summed E-state index contributed by atoms with van der Waals surface area (Å²) in [4.78, 5) is 27.6. The van der Waals surface area contributed by atoms with Crippen LogP contribution in [0.5, 0.6) is 0 Å². The van der Waals surface area contributed by atoms with Gasteiger partial charge in [0.15, 0.2) is 0 Å². The van der Waals surface area contributed by atoms with E-state index in [1.54, 1.807) is 0 Å². The van der Waals surface area contributed by atoms with E-state index < -0.39 is 0 Å². The molecule has 0 radical (unpaired) electrons. The van der Waals surface area contributed by atoms with E-state index in [1.807, 2.05) is 77.2 Å². The third-order valence-electron chi connectivity index (χ3n) is 6.40. The maximum atomic E-state index is 13.2. The lowest BCUT2D eigenvalue weighted by Gasteiger charge is -2.32. The molecule has 1 aromatic heterocycles. The van der Waals surface area contributed by atoms with Gasteiger partial charge in [0.05, 0.1) is 17.3 Å². The van der Waals surface area contributed by atoms with Crippen molar-refractivity contribution in [2.24, 2.45) is 11.8 Å². The largest absolute Gasteiger partial charge is 0.342 e. The number of nitrogens with zero attached hydrogens (tertiary/aromatic N) is 3. The van der Waals surface area contributed by atoms with E-state index in [2.05, 4.69) is 5.32 Å².